The third-order valence-corrected chi connectivity index (χ3v) is 8.54. The molecule has 2 aliphatic heterocycles. The van der Waals surface area contributed by atoms with Gasteiger partial charge in [-0.2, -0.15) is 0 Å². The monoisotopic (exact) mass is 479 g/mol. The molecule has 2 aliphatic rings. The van der Waals surface area contributed by atoms with E-state index in [0.717, 1.165) is 11.3 Å². The number of halogens is 2. The van der Waals surface area contributed by atoms with Gasteiger partial charge >= 0.3 is 0 Å². The number of carbonyl (C=O) groups excluding carboxylic acids is 1. The van der Waals surface area contributed by atoms with Crippen molar-refractivity contribution in [3.8, 4) is 0 Å². The largest absolute Gasteiger partial charge is 0.312 e. The molecule has 32 heavy (non-hydrogen) atoms. The van der Waals surface area contributed by atoms with Crippen molar-refractivity contribution >= 4 is 33.2 Å². The van der Waals surface area contributed by atoms with Gasteiger partial charge in [0.25, 0.3) is 0 Å². The minimum absolute atomic E-state index is 0.0792. The number of nitrogens with zero attached hydrogens (tertiary/aromatic N) is 3. The number of amides is 1. The highest BCUT2D eigenvalue weighted by Gasteiger charge is 2.33. The summed E-state index contributed by atoms with van der Waals surface area (Å²) >= 11 is 6.15. The Morgan fingerprint density at radius 2 is 1.88 bits per heavy atom. The highest BCUT2D eigenvalue weighted by atomic mass is 35.5. The summed E-state index contributed by atoms with van der Waals surface area (Å²) < 4.78 is 40.1. The molecule has 0 aromatic heterocycles. The van der Waals surface area contributed by atoms with Gasteiger partial charge < -0.3 is 4.90 Å². The first-order valence-electron chi connectivity index (χ1n) is 10.7. The van der Waals surface area contributed by atoms with E-state index in [4.69, 9.17) is 11.6 Å². The maximum atomic E-state index is 14.1. The van der Waals surface area contributed by atoms with Crippen LogP contribution in [0, 0.1) is 11.7 Å². The molecule has 172 valence electrons. The summed E-state index contributed by atoms with van der Waals surface area (Å²) in [7, 11) is -0.497. The maximum absolute atomic E-state index is 14.1. The zero-order valence-corrected chi connectivity index (χ0v) is 19.8. The minimum Gasteiger partial charge on any atom is -0.312 e. The Balaban J connectivity index is 1.41. The van der Waals surface area contributed by atoms with Crippen LogP contribution >= 0.6 is 11.6 Å². The Morgan fingerprint density at radius 3 is 2.53 bits per heavy atom. The van der Waals surface area contributed by atoms with Crippen molar-refractivity contribution in [2.45, 2.75) is 30.7 Å². The fourth-order valence-electron chi connectivity index (χ4n) is 4.44. The van der Waals surface area contributed by atoms with Crippen molar-refractivity contribution in [3.63, 3.8) is 0 Å². The third kappa shape index (κ3) is 4.41. The number of rotatable bonds is 5. The smallest absolute Gasteiger partial charge is 0.242 e. The van der Waals surface area contributed by atoms with Gasteiger partial charge in [-0.05, 0) is 68.2 Å². The van der Waals surface area contributed by atoms with Crippen LogP contribution in [-0.4, -0.2) is 57.3 Å². The lowest BCUT2D eigenvalue weighted by Gasteiger charge is -2.33. The zero-order valence-electron chi connectivity index (χ0n) is 18.2. The van der Waals surface area contributed by atoms with Gasteiger partial charge in [0.15, 0.2) is 0 Å². The summed E-state index contributed by atoms with van der Waals surface area (Å²) in [4.78, 5) is 17.4. The second-order valence-electron chi connectivity index (χ2n) is 8.57. The standard InChI is InChI=1S/C23H27ClFN3O3S/c1-26(2)32(30,31)18-6-7-22-17(14-18)10-13-28(22)23(29)16-8-11-27(12-9-16)15-19-20(24)4-3-5-21(19)25/h3-7,14,16H,8-13,15H2,1-2H3. The number of carbonyl (C=O) groups is 1. The molecule has 0 bridgehead atoms. The lowest BCUT2D eigenvalue weighted by Crippen LogP contribution is -2.42. The van der Waals surface area contributed by atoms with Crippen LogP contribution in [0.15, 0.2) is 41.3 Å². The molecule has 0 spiro atoms. The quantitative estimate of drug-likeness (QED) is 0.658. The molecule has 6 nitrogen and oxygen atoms in total. The molecule has 2 heterocycles. The second kappa shape index (κ2) is 9.09. The summed E-state index contributed by atoms with van der Waals surface area (Å²) in [5.41, 5.74) is 2.18. The third-order valence-electron chi connectivity index (χ3n) is 6.37. The summed E-state index contributed by atoms with van der Waals surface area (Å²) in [6, 6.07) is 9.69. The Hall–Kier alpha value is -2.00. The molecule has 1 amide bonds. The number of sulfonamides is 1. The zero-order chi connectivity index (χ0) is 23.0. The van der Waals surface area contributed by atoms with Crippen molar-refractivity contribution < 1.29 is 17.6 Å². The molecule has 0 saturated carbocycles. The average Bonchev–Trinajstić information content (AvgIpc) is 3.19. The molecule has 2 aromatic rings. The number of fused-ring (bicyclic) bond motifs is 1. The van der Waals surface area contributed by atoms with Crippen LogP contribution in [0.2, 0.25) is 5.02 Å². The summed E-state index contributed by atoms with van der Waals surface area (Å²) in [5, 5.41) is 0.424. The minimum atomic E-state index is -3.51. The summed E-state index contributed by atoms with van der Waals surface area (Å²) in [6.45, 7) is 2.39. The van der Waals surface area contributed by atoms with Crippen molar-refractivity contribution in [2.75, 3.05) is 38.6 Å². The van der Waals surface area contributed by atoms with Crippen LogP contribution in [0.25, 0.3) is 0 Å². The van der Waals surface area contributed by atoms with Gasteiger partial charge in [-0.15, -0.1) is 0 Å². The first-order chi connectivity index (χ1) is 15.2. The maximum Gasteiger partial charge on any atom is 0.242 e. The summed E-state index contributed by atoms with van der Waals surface area (Å²) in [5.74, 6) is -0.325. The number of piperidine rings is 1. The molecular weight excluding hydrogens is 453 g/mol. The van der Waals surface area contributed by atoms with Gasteiger partial charge in [0.2, 0.25) is 15.9 Å². The van der Waals surface area contributed by atoms with E-state index < -0.39 is 10.0 Å². The molecule has 1 saturated heterocycles. The predicted octanol–water partition coefficient (Wildman–Crippen LogP) is 3.53. The Bertz CT molecular complexity index is 1110. The highest BCUT2D eigenvalue weighted by Crippen LogP contribution is 2.33. The predicted molar refractivity (Wildman–Crippen MR) is 123 cm³/mol. The highest BCUT2D eigenvalue weighted by molar-refractivity contribution is 7.89. The van der Waals surface area contributed by atoms with Crippen LogP contribution in [0.3, 0.4) is 0 Å². The molecule has 9 heteroatoms. The molecule has 0 N–H and O–H groups in total. The van der Waals surface area contributed by atoms with Gasteiger partial charge in [-0.3, -0.25) is 9.69 Å². The van der Waals surface area contributed by atoms with E-state index in [2.05, 4.69) is 4.90 Å². The van der Waals surface area contributed by atoms with E-state index in [-0.39, 0.29) is 22.5 Å². The summed E-state index contributed by atoms with van der Waals surface area (Å²) in [6.07, 6.45) is 2.04. The second-order valence-corrected chi connectivity index (χ2v) is 11.1. The number of hydrogen-bond donors (Lipinski definition) is 0. The van der Waals surface area contributed by atoms with Gasteiger partial charge in [0.1, 0.15) is 5.82 Å². The van der Waals surface area contributed by atoms with E-state index in [0.29, 0.717) is 56.0 Å². The molecule has 0 aliphatic carbocycles. The lowest BCUT2D eigenvalue weighted by atomic mass is 9.94. The molecular formula is C23H27ClFN3O3S. The Labute approximate surface area is 193 Å². The van der Waals surface area contributed by atoms with Crippen LogP contribution in [0.5, 0.6) is 0 Å². The molecule has 0 unspecified atom stereocenters. The van der Waals surface area contributed by atoms with E-state index in [1.165, 1.54) is 24.5 Å². The van der Waals surface area contributed by atoms with E-state index in [9.17, 15) is 17.6 Å². The van der Waals surface area contributed by atoms with Crippen molar-refractivity contribution in [1.82, 2.24) is 9.21 Å². The fourth-order valence-corrected chi connectivity index (χ4v) is 5.62. The number of anilines is 1. The van der Waals surface area contributed by atoms with E-state index in [1.54, 1.807) is 35.2 Å². The Morgan fingerprint density at radius 1 is 1.16 bits per heavy atom. The molecule has 1 fully saturated rings. The first kappa shape index (κ1) is 23.2. The van der Waals surface area contributed by atoms with Gasteiger partial charge in [0.05, 0.1) is 4.90 Å². The normalized spacial score (nSPS) is 17.7. The van der Waals surface area contributed by atoms with Gasteiger partial charge in [-0.25, -0.2) is 17.1 Å². The number of likely N-dealkylation sites (tertiary alicyclic amines) is 1. The molecule has 4 rings (SSSR count). The average molecular weight is 480 g/mol. The molecule has 2 aromatic carbocycles. The first-order valence-corrected chi connectivity index (χ1v) is 12.5. The van der Waals surface area contributed by atoms with E-state index in [1.807, 2.05) is 0 Å². The Kier molecular flexibility index (Phi) is 6.58. The SMILES string of the molecule is CN(C)S(=O)(=O)c1ccc2c(c1)CCN2C(=O)C1CCN(Cc2c(F)cccc2Cl)CC1. The van der Waals surface area contributed by atoms with Crippen molar-refractivity contribution in [1.29, 1.82) is 0 Å². The van der Waals surface area contributed by atoms with Crippen LogP contribution in [0.1, 0.15) is 24.0 Å². The van der Waals surface area contributed by atoms with Crippen molar-refractivity contribution in [3.05, 3.63) is 58.4 Å². The fraction of sp³-hybridized carbons (Fsp3) is 0.435. The lowest BCUT2D eigenvalue weighted by molar-refractivity contribution is -0.123. The van der Waals surface area contributed by atoms with Crippen molar-refractivity contribution in [2.24, 2.45) is 5.92 Å². The molecule has 0 radical (unpaired) electrons. The van der Waals surface area contributed by atoms with Crippen LogP contribution in [0.4, 0.5) is 10.1 Å². The van der Waals surface area contributed by atoms with Gasteiger partial charge in [-0.1, -0.05) is 17.7 Å². The van der Waals surface area contributed by atoms with Crippen LogP contribution in [-0.2, 0) is 27.8 Å². The van der Waals surface area contributed by atoms with E-state index >= 15 is 0 Å². The topological polar surface area (TPSA) is 60.9 Å². The van der Waals surface area contributed by atoms with Gasteiger partial charge in [0, 0.05) is 49.4 Å². The number of benzene rings is 2. The number of hydrogen-bond acceptors (Lipinski definition) is 4. The van der Waals surface area contributed by atoms with Crippen LogP contribution < -0.4 is 4.90 Å². The molecule has 0 atom stereocenters.